The summed E-state index contributed by atoms with van der Waals surface area (Å²) in [4.78, 5) is 19.6. The van der Waals surface area contributed by atoms with Crippen molar-refractivity contribution in [3.8, 4) is 0 Å². The number of hydrogen-bond donors (Lipinski definition) is 1. The number of carbonyl (C=O) groups excluding carboxylic acids is 1. The zero-order valence-electron chi connectivity index (χ0n) is 11.3. The molecule has 2 heterocycles. The van der Waals surface area contributed by atoms with E-state index in [9.17, 15) is 4.79 Å². The number of hydrogen-bond acceptors (Lipinski definition) is 4. The SMILES string of the molecule is CN(C)C(CNC(=O)c1cccnc1Br)c1cccs1. The Bertz CT molecular complexity index is 572. The molecule has 6 heteroatoms. The van der Waals surface area contributed by atoms with Gasteiger partial charge in [0, 0.05) is 17.6 Å². The number of amides is 1. The van der Waals surface area contributed by atoms with E-state index >= 15 is 0 Å². The second kappa shape index (κ2) is 6.97. The molecule has 0 saturated heterocycles. The predicted molar refractivity (Wildman–Crippen MR) is 85.0 cm³/mol. The summed E-state index contributed by atoms with van der Waals surface area (Å²) in [6.07, 6.45) is 1.65. The lowest BCUT2D eigenvalue weighted by Gasteiger charge is -2.23. The summed E-state index contributed by atoms with van der Waals surface area (Å²) in [6.45, 7) is 0.563. The van der Waals surface area contributed by atoms with Crippen LogP contribution in [0.1, 0.15) is 21.3 Å². The van der Waals surface area contributed by atoms with Crippen molar-refractivity contribution in [3.05, 3.63) is 50.9 Å². The van der Waals surface area contributed by atoms with E-state index in [0.717, 1.165) is 0 Å². The first-order valence-corrected chi connectivity index (χ1v) is 7.85. The first-order valence-electron chi connectivity index (χ1n) is 6.18. The van der Waals surface area contributed by atoms with E-state index in [1.165, 1.54) is 4.88 Å². The summed E-state index contributed by atoms with van der Waals surface area (Å²) in [5.41, 5.74) is 0.552. The van der Waals surface area contributed by atoms with Crippen LogP contribution in [-0.4, -0.2) is 36.4 Å². The first-order chi connectivity index (χ1) is 9.59. The Balaban J connectivity index is 2.03. The molecule has 1 atom stereocenters. The zero-order valence-corrected chi connectivity index (χ0v) is 13.7. The molecule has 1 N–H and O–H groups in total. The summed E-state index contributed by atoms with van der Waals surface area (Å²) in [7, 11) is 4.02. The van der Waals surface area contributed by atoms with Crippen LogP contribution < -0.4 is 5.32 Å². The molecule has 0 saturated carbocycles. The van der Waals surface area contributed by atoms with Crippen LogP contribution in [0.25, 0.3) is 0 Å². The van der Waals surface area contributed by atoms with E-state index in [-0.39, 0.29) is 11.9 Å². The van der Waals surface area contributed by atoms with Crippen LogP contribution in [0, 0.1) is 0 Å². The number of nitrogens with zero attached hydrogens (tertiary/aromatic N) is 2. The highest BCUT2D eigenvalue weighted by molar-refractivity contribution is 9.10. The van der Waals surface area contributed by atoms with Gasteiger partial charge >= 0.3 is 0 Å². The van der Waals surface area contributed by atoms with Crippen LogP contribution >= 0.6 is 27.3 Å². The highest BCUT2D eigenvalue weighted by Crippen LogP contribution is 2.22. The lowest BCUT2D eigenvalue weighted by Crippen LogP contribution is -2.34. The van der Waals surface area contributed by atoms with E-state index < -0.39 is 0 Å². The van der Waals surface area contributed by atoms with E-state index in [4.69, 9.17) is 0 Å². The normalized spacial score (nSPS) is 12.4. The zero-order chi connectivity index (χ0) is 14.5. The topological polar surface area (TPSA) is 45.2 Å². The molecule has 0 aromatic carbocycles. The van der Waals surface area contributed by atoms with Crippen molar-refractivity contribution in [1.82, 2.24) is 15.2 Å². The van der Waals surface area contributed by atoms with E-state index in [2.05, 4.69) is 37.2 Å². The van der Waals surface area contributed by atoms with E-state index in [0.29, 0.717) is 16.7 Å². The largest absolute Gasteiger partial charge is 0.350 e. The molecule has 0 spiro atoms. The highest BCUT2D eigenvalue weighted by atomic mass is 79.9. The van der Waals surface area contributed by atoms with Gasteiger partial charge in [0.25, 0.3) is 5.91 Å². The molecule has 0 aliphatic rings. The molecule has 0 bridgehead atoms. The minimum atomic E-state index is -0.117. The van der Waals surface area contributed by atoms with Gasteiger partial charge in [-0.3, -0.25) is 4.79 Å². The summed E-state index contributed by atoms with van der Waals surface area (Å²) >= 11 is 4.99. The maximum absolute atomic E-state index is 12.2. The third kappa shape index (κ3) is 3.65. The Kier molecular flexibility index (Phi) is 5.28. The number of rotatable bonds is 5. The average Bonchev–Trinajstić information content (AvgIpc) is 2.92. The molecule has 1 amide bonds. The molecule has 4 nitrogen and oxygen atoms in total. The standard InChI is InChI=1S/C14H16BrN3OS/c1-18(2)11(12-6-4-8-20-12)9-17-14(19)10-5-3-7-16-13(10)15/h3-8,11H,9H2,1-2H3,(H,17,19). The number of aromatic nitrogens is 1. The molecule has 20 heavy (non-hydrogen) atoms. The van der Waals surface area contributed by atoms with Gasteiger partial charge in [-0.1, -0.05) is 6.07 Å². The number of thiophene rings is 1. The quantitative estimate of drug-likeness (QED) is 0.840. The van der Waals surface area contributed by atoms with Crippen LogP contribution in [0.3, 0.4) is 0 Å². The van der Waals surface area contributed by atoms with Crippen LogP contribution in [0.5, 0.6) is 0 Å². The van der Waals surface area contributed by atoms with Crippen molar-refractivity contribution in [2.45, 2.75) is 6.04 Å². The van der Waals surface area contributed by atoms with Gasteiger partial charge in [0.2, 0.25) is 0 Å². The molecule has 0 aliphatic carbocycles. The molecule has 0 aliphatic heterocycles. The Morgan fingerprint density at radius 3 is 2.85 bits per heavy atom. The van der Waals surface area contributed by atoms with Gasteiger partial charge in [-0.2, -0.15) is 0 Å². The van der Waals surface area contributed by atoms with Crippen LogP contribution in [-0.2, 0) is 0 Å². The summed E-state index contributed by atoms with van der Waals surface area (Å²) in [5.74, 6) is -0.117. The second-order valence-corrected chi connectivity index (χ2v) is 6.28. The van der Waals surface area contributed by atoms with Crippen LogP contribution in [0.4, 0.5) is 0 Å². The summed E-state index contributed by atoms with van der Waals surface area (Å²) in [6, 6.07) is 7.79. The van der Waals surface area contributed by atoms with Gasteiger partial charge in [0.1, 0.15) is 4.60 Å². The van der Waals surface area contributed by atoms with Crippen LogP contribution in [0.2, 0.25) is 0 Å². The molecule has 0 radical (unpaired) electrons. The maximum Gasteiger partial charge on any atom is 0.254 e. The molecule has 2 aromatic heterocycles. The van der Waals surface area contributed by atoms with Crippen molar-refractivity contribution < 1.29 is 4.79 Å². The lowest BCUT2D eigenvalue weighted by atomic mass is 10.2. The molecular formula is C14H16BrN3OS. The minimum absolute atomic E-state index is 0.117. The molecular weight excluding hydrogens is 338 g/mol. The summed E-state index contributed by atoms with van der Waals surface area (Å²) in [5, 5.41) is 5.01. The fraction of sp³-hybridized carbons (Fsp3) is 0.286. The first kappa shape index (κ1) is 15.2. The van der Waals surface area contributed by atoms with Crippen molar-refractivity contribution >= 4 is 33.2 Å². The van der Waals surface area contributed by atoms with Crippen molar-refractivity contribution in [1.29, 1.82) is 0 Å². The van der Waals surface area contributed by atoms with Gasteiger partial charge in [0.05, 0.1) is 11.6 Å². The lowest BCUT2D eigenvalue weighted by molar-refractivity contribution is 0.0941. The van der Waals surface area contributed by atoms with Gasteiger partial charge in [0.15, 0.2) is 0 Å². The maximum atomic E-state index is 12.2. The average molecular weight is 354 g/mol. The summed E-state index contributed by atoms with van der Waals surface area (Å²) < 4.78 is 0.565. The monoisotopic (exact) mass is 353 g/mol. The van der Waals surface area contributed by atoms with Gasteiger partial charge < -0.3 is 10.2 Å². The van der Waals surface area contributed by atoms with Gasteiger partial charge in [-0.05, 0) is 53.6 Å². The van der Waals surface area contributed by atoms with E-state index in [1.807, 2.05) is 25.5 Å². The fourth-order valence-corrected chi connectivity index (χ4v) is 3.21. The number of likely N-dealkylation sites (N-methyl/N-ethyl adjacent to an activating group) is 1. The molecule has 0 fully saturated rings. The molecule has 106 valence electrons. The van der Waals surface area contributed by atoms with Crippen LogP contribution in [0.15, 0.2) is 40.4 Å². The van der Waals surface area contributed by atoms with Crippen molar-refractivity contribution in [2.24, 2.45) is 0 Å². The number of pyridine rings is 1. The molecule has 2 aromatic rings. The number of nitrogens with one attached hydrogen (secondary N) is 1. The molecule has 1 unspecified atom stereocenters. The van der Waals surface area contributed by atoms with Gasteiger partial charge in [-0.25, -0.2) is 4.98 Å². The Morgan fingerprint density at radius 1 is 1.45 bits per heavy atom. The highest BCUT2D eigenvalue weighted by Gasteiger charge is 2.17. The van der Waals surface area contributed by atoms with Gasteiger partial charge in [-0.15, -0.1) is 11.3 Å². The Labute approximate surface area is 131 Å². The Morgan fingerprint density at radius 2 is 2.25 bits per heavy atom. The number of carbonyl (C=O) groups is 1. The third-order valence-electron chi connectivity index (χ3n) is 2.95. The predicted octanol–water partition coefficient (Wildman–Crippen LogP) is 2.94. The Hall–Kier alpha value is -1.24. The second-order valence-electron chi connectivity index (χ2n) is 4.55. The number of halogens is 1. The van der Waals surface area contributed by atoms with Crippen molar-refractivity contribution in [2.75, 3.05) is 20.6 Å². The van der Waals surface area contributed by atoms with E-state index in [1.54, 1.807) is 29.7 Å². The third-order valence-corrected chi connectivity index (χ3v) is 4.56. The molecule has 2 rings (SSSR count). The van der Waals surface area contributed by atoms with Crippen molar-refractivity contribution in [3.63, 3.8) is 0 Å². The smallest absolute Gasteiger partial charge is 0.254 e. The fourth-order valence-electron chi connectivity index (χ4n) is 1.86. The minimum Gasteiger partial charge on any atom is -0.350 e.